The third-order valence-electron chi connectivity index (χ3n) is 5.24. The minimum absolute atomic E-state index is 0.0494. The first-order valence-electron chi connectivity index (χ1n) is 9.50. The predicted molar refractivity (Wildman–Crippen MR) is 110 cm³/mol. The number of benzene rings is 1. The zero-order valence-corrected chi connectivity index (χ0v) is 17.7. The maximum atomic E-state index is 13.1. The largest absolute Gasteiger partial charge is 0.390 e. The number of aromatic nitrogens is 2. The summed E-state index contributed by atoms with van der Waals surface area (Å²) < 4.78 is 23.7. The van der Waals surface area contributed by atoms with Crippen molar-refractivity contribution in [2.45, 2.75) is 49.5 Å². The molecule has 1 aliphatic carbocycles. The zero-order valence-electron chi connectivity index (χ0n) is 16.1. The van der Waals surface area contributed by atoms with Gasteiger partial charge in [-0.3, -0.25) is 9.78 Å². The fraction of sp³-hybridized carbons (Fsp3) is 0.450. The molecule has 1 heterocycles. The summed E-state index contributed by atoms with van der Waals surface area (Å²) in [6, 6.07) is 4.68. The molecular weight excluding hydrogens is 414 g/mol. The van der Waals surface area contributed by atoms with Gasteiger partial charge in [0, 0.05) is 6.26 Å². The Bertz CT molecular complexity index is 974. The van der Waals surface area contributed by atoms with Gasteiger partial charge in [0.25, 0.3) is 0 Å². The van der Waals surface area contributed by atoms with E-state index in [9.17, 15) is 13.2 Å². The van der Waals surface area contributed by atoms with Crippen molar-refractivity contribution < 1.29 is 18.3 Å². The second-order valence-corrected chi connectivity index (χ2v) is 9.83. The van der Waals surface area contributed by atoms with Gasteiger partial charge in [-0.15, -0.1) is 0 Å². The summed E-state index contributed by atoms with van der Waals surface area (Å²) in [5.74, 6) is -0.000849. The van der Waals surface area contributed by atoms with E-state index in [0.717, 1.165) is 31.9 Å². The van der Waals surface area contributed by atoms with Crippen molar-refractivity contribution in [3.63, 3.8) is 0 Å². The van der Waals surface area contributed by atoms with E-state index in [-0.39, 0.29) is 22.4 Å². The number of aliphatic hydroxyl groups is 1. The maximum absolute atomic E-state index is 13.1. The third-order valence-corrected chi connectivity index (χ3v) is 6.82. The second kappa shape index (κ2) is 9.19. The summed E-state index contributed by atoms with van der Waals surface area (Å²) in [6.45, 7) is -0.225. The number of nitrogens with zero attached hydrogens (tertiary/aromatic N) is 2. The lowest BCUT2D eigenvalue weighted by atomic mass is 9.87. The normalized spacial score (nSPS) is 16.0. The van der Waals surface area contributed by atoms with Crippen LogP contribution in [-0.4, -0.2) is 35.7 Å². The highest BCUT2D eigenvalue weighted by atomic mass is 35.5. The van der Waals surface area contributed by atoms with E-state index in [1.165, 1.54) is 18.5 Å². The average Bonchev–Trinajstić information content (AvgIpc) is 3.19. The molecule has 156 valence electrons. The fourth-order valence-corrected chi connectivity index (χ4v) is 5.06. The molecule has 0 spiro atoms. The molecule has 1 aromatic carbocycles. The van der Waals surface area contributed by atoms with E-state index in [1.54, 1.807) is 12.1 Å². The maximum Gasteiger partial charge on any atom is 0.233 e. The summed E-state index contributed by atoms with van der Waals surface area (Å²) in [5.41, 5.74) is 1.08. The van der Waals surface area contributed by atoms with E-state index in [0.29, 0.717) is 29.4 Å². The van der Waals surface area contributed by atoms with E-state index in [1.807, 2.05) is 0 Å². The van der Waals surface area contributed by atoms with Crippen LogP contribution in [-0.2, 0) is 21.2 Å². The Morgan fingerprint density at radius 3 is 2.55 bits per heavy atom. The van der Waals surface area contributed by atoms with Crippen LogP contribution in [0.1, 0.15) is 49.3 Å². The molecule has 1 atom stereocenters. The zero-order chi connectivity index (χ0) is 21.0. The Kier molecular flexibility index (Phi) is 6.87. The van der Waals surface area contributed by atoms with Gasteiger partial charge in [0.15, 0.2) is 15.7 Å². The van der Waals surface area contributed by atoms with Gasteiger partial charge in [0.2, 0.25) is 5.91 Å². The van der Waals surface area contributed by atoms with Crippen LogP contribution in [0.5, 0.6) is 0 Å². The molecule has 1 amide bonds. The molecule has 2 N–H and O–H groups in total. The van der Waals surface area contributed by atoms with Gasteiger partial charge >= 0.3 is 0 Å². The van der Waals surface area contributed by atoms with Crippen molar-refractivity contribution in [3.8, 4) is 0 Å². The van der Waals surface area contributed by atoms with E-state index in [2.05, 4.69) is 15.3 Å². The highest BCUT2D eigenvalue weighted by molar-refractivity contribution is 7.90. The summed E-state index contributed by atoms with van der Waals surface area (Å²) >= 11 is 6.22. The minimum atomic E-state index is -3.44. The van der Waals surface area contributed by atoms with Crippen molar-refractivity contribution in [2.24, 2.45) is 5.92 Å². The Morgan fingerprint density at radius 1 is 1.28 bits per heavy atom. The van der Waals surface area contributed by atoms with Crippen LogP contribution in [0.25, 0.3) is 0 Å². The van der Waals surface area contributed by atoms with E-state index in [4.69, 9.17) is 16.7 Å². The molecule has 1 fully saturated rings. The van der Waals surface area contributed by atoms with Crippen LogP contribution < -0.4 is 5.32 Å². The van der Waals surface area contributed by atoms with Gasteiger partial charge < -0.3 is 10.4 Å². The van der Waals surface area contributed by atoms with E-state index < -0.39 is 15.8 Å². The number of anilines is 1. The number of halogens is 1. The highest BCUT2D eigenvalue weighted by Gasteiger charge is 2.28. The molecule has 1 aliphatic rings. The minimum Gasteiger partial charge on any atom is -0.390 e. The van der Waals surface area contributed by atoms with E-state index >= 15 is 0 Å². The lowest BCUT2D eigenvalue weighted by Gasteiger charge is -2.21. The van der Waals surface area contributed by atoms with Gasteiger partial charge in [-0.1, -0.05) is 43.4 Å². The molecular formula is C20H24ClN3O4S. The van der Waals surface area contributed by atoms with Gasteiger partial charge in [-0.25, -0.2) is 13.4 Å². The molecule has 0 bridgehead atoms. The van der Waals surface area contributed by atoms with Crippen molar-refractivity contribution >= 4 is 33.2 Å². The molecule has 29 heavy (non-hydrogen) atoms. The van der Waals surface area contributed by atoms with Gasteiger partial charge in [0.1, 0.15) is 0 Å². The summed E-state index contributed by atoms with van der Waals surface area (Å²) in [4.78, 5) is 21.2. The molecule has 2 aromatic rings. The number of rotatable bonds is 7. The Balaban J connectivity index is 1.87. The quantitative estimate of drug-likeness (QED) is 0.687. The number of hydrogen-bond donors (Lipinski definition) is 2. The summed E-state index contributed by atoms with van der Waals surface area (Å²) in [6.07, 6.45) is 9.01. The third kappa shape index (κ3) is 5.52. The molecule has 1 saturated carbocycles. The molecule has 3 rings (SSSR count). The van der Waals surface area contributed by atoms with Crippen LogP contribution in [0.2, 0.25) is 5.02 Å². The molecule has 1 aromatic heterocycles. The average molecular weight is 438 g/mol. The van der Waals surface area contributed by atoms with Gasteiger partial charge in [-0.05, 0) is 30.0 Å². The summed E-state index contributed by atoms with van der Waals surface area (Å²) in [5, 5.41) is 12.0. The highest BCUT2D eigenvalue weighted by Crippen LogP contribution is 2.36. The van der Waals surface area contributed by atoms with Crippen molar-refractivity contribution in [1.29, 1.82) is 0 Å². The second-order valence-electron chi connectivity index (χ2n) is 7.44. The number of sulfone groups is 1. The first-order chi connectivity index (χ1) is 13.8. The van der Waals surface area contributed by atoms with Crippen LogP contribution in [0.3, 0.4) is 0 Å². The van der Waals surface area contributed by atoms with Crippen molar-refractivity contribution in [2.75, 3.05) is 11.6 Å². The first kappa shape index (κ1) is 21.7. The number of carbonyl (C=O) groups excluding carboxylic acids is 1. The number of aliphatic hydroxyl groups excluding tert-OH is 1. The van der Waals surface area contributed by atoms with Crippen molar-refractivity contribution in [3.05, 3.63) is 46.9 Å². The monoisotopic (exact) mass is 437 g/mol. The van der Waals surface area contributed by atoms with Crippen LogP contribution in [0.4, 0.5) is 5.82 Å². The molecule has 7 nitrogen and oxygen atoms in total. The lowest BCUT2D eigenvalue weighted by Crippen LogP contribution is -2.24. The predicted octanol–water partition coefficient (Wildman–Crippen LogP) is 3.33. The standard InChI is InChI=1S/C20H24ClN3O4S/c1-29(27,28)18-7-6-14(9-17(18)21)16(8-13-4-2-3-5-13)20(26)24-19-11-22-15(12-25)10-23-19/h6-7,9-11,13,16,25H,2-5,8,12H2,1H3,(H,23,24,26). The van der Waals surface area contributed by atoms with Crippen molar-refractivity contribution in [1.82, 2.24) is 9.97 Å². The lowest BCUT2D eigenvalue weighted by molar-refractivity contribution is -0.118. The Hall–Kier alpha value is -2.03. The number of carbonyl (C=O) groups is 1. The Morgan fingerprint density at radius 2 is 2.00 bits per heavy atom. The number of hydrogen-bond acceptors (Lipinski definition) is 6. The van der Waals surface area contributed by atoms with Gasteiger partial charge in [0.05, 0.1) is 40.5 Å². The van der Waals surface area contributed by atoms with Gasteiger partial charge in [-0.2, -0.15) is 0 Å². The summed E-state index contributed by atoms with van der Waals surface area (Å²) in [7, 11) is -3.44. The number of nitrogens with one attached hydrogen (secondary N) is 1. The Labute approximate surface area is 175 Å². The van der Waals surface area contributed by atoms with Crippen LogP contribution in [0.15, 0.2) is 35.5 Å². The molecule has 0 radical (unpaired) electrons. The smallest absolute Gasteiger partial charge is 0.233 e. The molecule has 0 saturated heterocycles. The topological polar surface area (TPSA) is 109 Å². The first-order valence-corrected chi connectivity index (χ1v) is 11.8. The SMILES string of the molecule is CS(=O)(=O)c1ccc(C(CC2CCCC2)C(=O)Nc2cnc(CO)cn2)cc1Cl. The molecule has 9 heteroatoms. The molecule has 1 unspecified atom stereocenters. The van der Waals surface area contributed by atoms with Crippen LogP contribution >= 0.6 is 11.6 Å². The molecule has 0 aliphatic heterocycles. The number of amides is 1. The fourth-order valence-electron chi connectivity index (χ4n) is 3.72. The van der Waals surface area contributed by atoms with Crippen LogP contribution in [0, 0.1) is 5.92 Å².